The SMILES string of the molecule is CCCN(C(C)=O)C(C(=O)O)c1ccc(SC)cc1. The first-order valence-corrected chi connectivity index (χ1v) is 7.37. The molecule has 0 saturated carbocycles. The zero-order valence-corrected chi connectivity index (χ0v) is 12.2. The smallest absolute Gasteiger partial charge is 0.331 e. The number of carboxylic acids is 1. The minimum Gasteiger partial charge on any atom is -0.479 e. The Morgan fingerprint density at radius 3 is 2.26 bits per heavy atom. The van der Waals surface area contributed by atoms with Crippen molar-refractivity contribution in [3.05, 3.63) is 29.8 Å². The molecule has 0 saturated heterocycles. The number of hydrogen-bond donors (Lipinski definition) is 1. The molecule has 0 fully saturated rings. The third-order valence-corrected chi connectivity index (χ3v) is 3.59. The molecule has 1 aromatic carbocycles. The summed E-state index contributed by atoms with van der Waals surface area (Å²) < 4.78 is 0. The van der Waals surface area contributed by atoms with Crippen LogP contribution in [0.25, 0.3) is 0 Å². The van der Waals surface area contributed by atoms with E-state index in [0.29, 0.717) is 12.1 Å². The number of carboxylic acid groups (broad SMARTS) is 1. The Kier molecular flexibility index (Phi) is 5.89. The molecule has 0 aliphatic carbocycles. The predicted molar refractivity (Wildman–Crippen MR) is 76.3 cm³/mol. The van der Waals surface area contributed by atoms with Gasteiger partial charge in [-0.3, -0.25) is 4.79 Å². The molecule has 19 heavy (non-hydrogen) atoms. The maximum absolute atomic E-state index is 11.6. The molecule has 0 aliphatic rings. The van der Waals surface area contributed by atoms with E-state index in [-0.39, 0.29) is 5.91 Å². The van der Waals surface area contributed by atoms with Crippen LogP contribution in [0.3, 0.4) is 0 Å². The summed E-state index contributed by atoms with van der Waals surface area (Å²) in [7, 11) is 0. The van der Waals surface area contributed by atoms with Gasteiger partial charge in [-0.1, -0.05) is 19.1 Å². The number of rotatable bonds is 6. The zero-order valence-electron chi connectivity index (χ0n) is 11.4. The van der Waals surface area contributed by atoms with Crippen molar-refractivity contribution in [2.45, 2.75) is 31.2 Å². The van der Waals surface area contributed by atoms with Gasteiger partial charge in [-0.25, -0.2) is 4.79 Å². The van der Waals surface area contributed by atoms with E-state index in [1.54, 1.807) is 23.9 Å². The first-order valence-electron chi connectivity index (χ1n) is 6.15. The van der Waals surface area contributed by atoms with Crippen LogP contribution in [0.4, 0.5) is 0 Å². The highest BCUT2D eigenvalue weighted by Gasteiger charge is 2.28. The molecule has 1 unspecified atom stereocenters. The van der Waals surface area contributed by atoms with E-state index >= 15 is 0 Å². The van der Waals surface area contributed by atoms with Gasteiger partial charge in [0.15, 0.2) is 6.04 Å². The van der Waals surface area contributed by atoms with Gasteiger partial charge in [0.1, 0.15) is 0 Å². The Balaban J connectivity index is 3.10. The fraction of sp³-hybridized carbons (Fsp3) is 0.429. The van der Waals surface area contributed by atoms with E-state index in [2.05, 4.69) is 0 Å². The molecule has 0 spiro atoms. The Morgan fingerprint density at radius 1 is 1.32 bits per heavy atom. The van der Waals surface area contributed by atoms with Crippen LogP contribution >= 0.6 is 11.8 Å². The van der Waals surface area contributed by atoms with Crippen LogP contribution < -0.4 is 0 Å². The maximum atomic E-state index is 11.6. The Labute approximate surface area is 117 Å². The first kappa shape index (κ1) is 15.6. The van der Waals surface area contributed by atoms with E-state index in [1.165, 1.54) is 11.8 Å². The zero-order chi connectivity index (χ0) is 14.4. The van der Waals surface area contributed by atoms with Crippen LogP contribution in [-0.2, 0) is 9.59 Å². The number of amides is 1. The van der Waals surface area contributed by atoms with Gasteiger partial charge in [-0.2, -0.15) is 0 Å². The second-order valence-electron chi connectivity index (χ2n) is 4.23. The van der Waals surface area contributed by atoms with Crippen LogP contribution in [0.15, 0.2) is 29.2 Å². The highest BCUT2D eigenvalue weighted by Crippen LogP contribution is 2.24. The summed E-state index contributed by atoms with van der Waals surface area (Å²) >= 11 is 1.59. The summed E-state index contributed by atoms with van der Waals surface area (Å²) in [5.41, 5.74) is 0.633. The number of aliphatic carboxylic acids is 1. The van der Waals surface area contributed by atoms with Gasteiger partial charge < -0.3 is 10.0 Å². The normalized spacial score (nSPS) is 11.9. The van der Waals surface area contributed by atoms with Crippen molar-refractivity contribution in [3.8, 4) is 0 Å². The van der Waals surface area contributed by atoms with Gasteiger partial charge in [-0.15, -0.1) is 11.8 Å². The molecule has 1 aromatic rings. The lowest BCUT2D eigenvalue weighted by atomic mass is 10.1. The summed E-state index contributed by atoms with van der Waals surface area (Å²) in [4.78, 5) is 25.6. The van der Waals surface area contributed by atoms with Gasteiger partial charge in [-0.05, 0) is 30.4 Å². The molecule has 0 bridgehead atoms. The Hall–Kier alpha value is -1.49. The first-order chi connectivity index (χ1) is 9.01. The van der Waals surface area contributed by atoms with E-state index in [1.807, 2.05) is 25.3 Å². The van der Waals surface area contributed by atoms with Crippen LogP contribution in [-0.4, -0.2) is 34.7 Å². The van der Waals surface area contributed by atoms with E-state index in [4.69, 9.17) is 0 Å². The lowest BCUT2D eigenvalue weighted by Crippen LogP contribution is -2.38. The lowest BCUT2D eigenvalue weighted by Gasteiger charge is -2.28. The average Bonchev–Trinajstić information content (AvgIpc) is 2.38. The largest absolute Gasteiger partial charge is 0.479 e. The van der Waals surface area contributed by atoms with Crippen molar-refractivity contribution in [1.29, 1.82) is 0 Å². The van der Waals surface area contributed by atoms with Crippen LogP contribution in [0.2, 0.25) is 0 Å². The van der Waals surface area contributed by atoms with Gasteiger partial charge in [0, 0.05) is 18.4 Å². The van der Waals surface area contributed by atoms with Crippen molar-refractivity contribution in [3.63, 3.8) is 0 Å². The molecule has 0 heterocycles. The number of nitrogens with zero attached hydrogens (tertiary/aromatic N) is 1. The van der Waals surface area contributed by atoms with Gasteiger partial charge in [0.05, 0.1) is 0 Å². The highest BCUT2D eigenvalue weighted by atomic mass is 32.2. The quantitative estimate of drug-likeness (QED) is 0.815. The van der Waals surface area contributed by atoms with Gasteiger partial charge >= 0.3 is 5.97 Å². The number of benzene rings is 1. The van der Waals surface area contributed by atoms with Crippen LogP contribution in [0.5, 0.6) is 0 Å². The second-order valence-corrected chi connectivity index (χ2v) is 5.11. The van der Waals surface area contributed by atoms with E-state index in [0.717, 1.165) is 11.3 Å². The summed E-state index contributed by atoms with van der Waals surface area (Å²) in [5.74, 6) is -1.22. The number of thioether (sulfide) groups is 1. The summed E-state index contributed by atoms with van der Waals surface area (Å²) in [6, 6.07) is 6.39. The molecule has 1 rings (SSSR count). The van der Waals surface area contributed by atoms with Gasteiger partial charge in [0.2, 0.25) is 5.91 Å². The van der Waals surface area contributed by atoms with Gasteiger partial charge in [0.25, 0.3) is 0 Å². The summed E-state index contributed by atoms with van der Waals surface area (Å²) in [5, 5.41) is 9.40. The number of carbonyl (C=O) groups is 2. The lowest BCUT2D eigenvalue weighted by molar-refractivity contribution is -0.149. The molecule has 4 nitrogen and oxygen atoms in total. The maximum Gasteiger partial charge on any atom is 0.331 e. The molecule has 104 valence electrons. The molecule has 1 amide bonds. The van der Waals surface area contributed by atoms with Crippen molar-refractivity contribution in [2.75, 3.05) is 12.8 Å². The van der Waals surface area contributed by atoms with E-state index < -0.39 is 12.0 Å². The predicted octanol–water partition coefficient (Wildman–Crippen LogP) is 2.79. The molecule has 0 radical (unpaired) electrons. The highest BCUT2D eigenvalue weighted by molar-refractivity contribution is 7.98. The minimum absolute atomic E-state index is 0.219. The summed E-state index contributed by atoms with van der Waals surface area (Å²) in [6.45, 7) is 3.77. The minimum atomic E-state index is -0.999. The molecule has 1 atom stereocenters. The number of carbonyl (C=O) groups excluding carboxylic acids is 1. The molecule has 0 aromatic heterocycles. The second kappa shape index (κ2) is 7.19. The molecule has 1 N–H and O–H groups in total. The van der Waals surface area contributed by atoms with Crippen molar-refractivity contribution in [1.82, 2.24) is 4.90 Å². The van der Waals surface area contributed by atoms with Crippen LogP contribution in [0.1, 0.15) is 31.9 Å². The summed E-state index contributed by atoms with van der Waals surface area (Å²) in [6.07, 6.45) is 2.69. The molecule has 0 aliphatic heterocycles. The molecule has 5 heteroatoms. The topological polar surface area (TPSA) is 57.6 Å². The average molecular weight is 281 g/mol. The molecular weight excluding hydrogens is 262 g/mol. The van der Waals surface area contributed by atoms with Crippen molar-refractivity contribution >= 4 is 23.6 Å². The molecular formula is C14H19NO3S. The fourth-order valence-corrected chi connectivity index (χ4v) is 2.36. The third-order valence-electron chi connectivity index (χ3n) is 2.85. The fourth-order valence-electron chi connectivity index (χ4n) is 1.95. The standard InChI is InChI=1S/C14H19NO3S/c1-4-9-15(10(2)16)13(14(17)18)11-5-7-12(19-3)8-6-11/h5-8,13H,4,9H2,1-3H3,(H,17,18). The Morgan fingerprint density at radius 2 is 1.89 bits per heavy atom. The number of hydrogen-bond acceptors (Lipinski definition) is 3. The monoisotopic (exact) mass is 281 g/mol. The van der Waals surface area contributed by atoms with E-state index in [9.17, 15) is 14.7 Å². The van der Waals surface area contributed by atoms with Crippen LogP contribution in [0, 0.1) is 0 Å². The third kappa shape index (κ3) is 3.99. The Bertz CT molecular complexity index is 445. The van der Waals surface area contributed by atoms with Crippen molar-refractivity contribution < 1.29 is 14.7 Å². The van der Waals surface area contributed by atoms with Crippen molar-refractivity contribution in [2.24, 2.45) is 0 Å².